The molecule has 3 aromatic rings. The summed E-state index contributed by atoms with van der Waals surface area (Å²) in [6, 6.07) is 14.6. The molecule has 172 valence electrons. The highest BCUT2D eigenvalue weighted by atomic mass is 35.5. The van der Waals surface area contributed by atoms with Gasteiger partial charge in [-0.1, -0.05) is 35.9 Å². The number of piperazine rings is 1. The van der Waals surface area contributed by atoms with Gasteiger partial charge in [0, 0.05) is 44.8 Å². The number of hydrazone groups is 1. The number of aromatic nitrogens is 3. The molecule has 1 aromatic heterocycles. The second-order valence-electron chi connectivity index (χ2n) is 7.66. The highest BCUT2D eigenvalue weighted by Gasteiger charge is 2.17. The fourth-order valence-corrected chi connectivity index (χ4v) is 3.44. The Kier molecular flexibility index (Phi) is 7.54. The molecule has 10 heteroatoms. The largest absolute Gasteiger partial charge is 0.508 e. The molecular formula is C23H27ClN8O. The van der Waals surface area contributed by atoms with E-state index in [1.807, 2.05) is 43.4 Å². The molecule has 0 aliphatic carbocycles. The van der Waals surface area contributed by atoms with Crippen LogP contribution in [-0.2, 0) is 6.42 Å². The monoisotopic (exact) mass is 466 g/mol. The van der Waals surface area contributed by atoms with Crippen LogP contribution in [0.1, 0.15) is 11.1 Å². The zero-order valence-electron chi connectivity index (χ0n) is 18.4. The first-order valence-electron chi connectivity index (χ1n) is 10.8. The lowest BCUT2D eigenvalue weighted by molar-refractivity contribution is 0.475. The normalized spacial score (nSPS) is 13.9. The lowest BCUT2D eigenvalue weighted by atomic mass is 10.1. The van der Waals surface area contributed by atoms with E-state index in [9.17, 15) is 5.11 Å². The number of nitrogens with one attached hydrogen (secondary N) is 2. The molecule has 3 N–H and O–H groups in total. The van der Waals surface area contributed by atoms with E-state index >= 15 is 0 Å². The summed E-state index contributed by atoms with van der Waals surface area (Å²) in [4.78, 5) is 16.0. The highest BCUT2D eigenvalue weighted by molar-refractivity contribution is 6.30. The predicted octanol–water partition coefficient (Wildman–Crippen LogP) is 2.77. The Morgan fingerprint density at radius 1 is 1.09 bits per heavy atom. The summed E-state index contributed by atoms with van der Waals surface area (Å²) in [5, 5.41) is 22.9. The maximum absolute atomic E-state index is 9.45. The lowest BCUT2D eigenvalue weighted by Gasteiger charge is -2.28. The first-order chi connectivity index (χ1) is 16.1. The Labute approximate surface area is 198 Å². The predicted molar refractivity (Wildman–Crippen MR) is 133 cm³/mol. The third-order valence-corrected chi connectivity index (χ3v) is 5.44. The number of anilines is 3. The molecule has 0 unspecified atom stereocenters. The van der Waals surface area contributed by atoms with E-state index in [1.165, 1.54) is 0 Å². The van der Waals surface area contributed by atoms with Gasteiger partial charge in [0.1, 0.15) is 5.75 Å². The van der Waals surface area contributed by atoms with E-state index in [1.54, 1.807) is 23.4 Å². The van der Waals surface area contributed by atoms with Gasteiger partial charge < -0.3 is 20.6 Å². The molecule has 1 aliphatic heterocycles. The molecule has 1 fully saturated rings. The number of halogens is 1. The molecular weight excluding hydrogens is 440 g/mol. The van der Waals surface area contributed by atoms with Gasteiger partial charge in [-0.3, -0.25) is 0 Å². The van der Waals surface area contributed by atoms with Crippen LogP contribution in [0.2, 0.25) is 5.02 Å². The van der Waals surface area contributed by atoms with Crippen molar-refractivity contribution in [3.63, 3.8) is 0 Å². The van der Waals surface area contributed by atoms with Crippen molar-refractivity contribution in [3.8, 4) is 5.75 Å². The molecule has 2 aromatic carbocycles. The van der Waals surface area contributed by atoms with Crippen LogP contribution in [0.25, 0.3) is 0 Å². The van der Waals surface area contributed by atoms with Crippen LogP contribution in [0.3, 0.4) is 0 Å². The topological polar surface area (TPSA) is 102 Å². The fourth-order valence-electron chi connectivity index (χ4n) is 3.32. The quantitative estimate of drug-likeness (QED) is 0.344. The number of aromatic hydroxyl groups is 1. The van der Waals surface area contributed by atoms with Crippen LogP contribution in [0, 0.1) is 0 Å². The first-order valence-corrected chi connectivity index (χ1v) is 11.2. The molecule has 0 radical (unpaired) electrons. The summed E-state index contributed by atoms with van der Waals surface area (Å²) in [6.45, 7) is 4.07. The van der Waals surface area contributed by atoms with Gasteiger partial charge in [0.25, 0.3) is 5.95 Å². The van der Waals surface area contributed by atoms with E-state index < -0.39 is 0 Å². The maximum atomic E-state index is 9.45. The van der Waals surface area contributed by atoms with E-state index in [4.69, 9.17) is 11.6 Å². The van der Waals surface area contributed by atoms with Gasteiger partial charge in [0.05, 0.1) is 6.21 Å². The van der Waals surface area contributed by atoms with Crippen molar-refractivity contribution in [1.82, 2.24) is 20.3 Å². The molecule has 1 saturated heterocycles. The number of nitrogens with zero attached hydrogens (tertiary/aromatic N) is 6. The molecule has 9 nitrogen and oxygen atoms in total. The molecule has 0 spiro atoms. The summed E-state index contributed by atoms with van der Waals surface area (Å²) in [6.07, 6.45) is 2.51. The van der Waals surface area contributed by atoms with E-state index in [0.29, 0.717) is 29.4 Å². The van der Waals surface area contributed by atoms with Crippen LogP contribution in [-0.4, -0.2) is 66.0 Å². The Hall–Kier alpha value is -3.43. The van der Waals surface area contributed by atoms with E-state index in [0.717, 1.165) is 43.7 Å². The Morgan fingerprint density at radius 2 is 1.82 bits per heavy atom. The molecule has 1 aliphatic rings. The van der Waals surface area contributed by atoms with Gasteiger partial charge >= 0.3 is 0 Å². The van der Waals surface area contributed by atoms with Gasteiger partial charge in [-0.2, -0.15) is 20.1 Å². The number of phenolic OH excluding ortho intramolecular Hbond substituents is 1. The smallest absolute Gasteiger partial charge is 0.252 e. The SMILES string of the molecule is CN(/N=C/c1ccc(Cl)cc1)c1nc(NCCc2ccc(O)cc2)nc(N2CCNCC2)n1. The number of hydrogen-bond acceptors (Lipinski definition) is 9. The minimum atomic E-state index is 0.261. The molecule has 0 atom stereocenters. The zero-order chi connectivity index (χ0) is 23.0. The Bertz CT molecular complexity index is 1070. The standard InChI is InChI=1S/C23H27ClN8O/c1-31(27-16-18-2-6-19(24)7-3-18)22-28-21(26-11-10-17-4-8-20(33)9-5-17)29-23(30-22)32-14-12-25-13-15-32/h2-9,16,25,33H,10-15H2,1H3,(H,26,28,29,30)/b27-16+. The van der Waals surface area contributed by atoms with Crippen molar-refractivity contribution >= 4 is 35.7 Å². The van der Waals surface area contributed by atoms with Gasteiger partial charge in [-0.05, 0) is 41.8 Å². The highest BCUT2D eigenvalue weighted by Crippen LogP contribution is 2.17. The summed E-state index contributed by atoms with van der Waals surface area (Å²) >= 11 is 5.96. The van der Waals surface area contributed by atoms with Crippen LogP contribution in [0.5, 0.6) is 5.75 Å². The zero-order valence-corrected chi connectivity index (χ0v) is 19.2. The third kappa shape index (κ3) is 6.53. The molecule has 0 saturated carbocycles. The maximum Gasteiger partial charge on any atom is 0.252 e. The van der Waals surface area contributed by atoms with Crippen LogP contribution >= 0.6 is 11.6 Å². The Morgan fingerprint density at radius 3 is 2.55 bits per heavy atom. The fraction of sp³-hybridized carbons (Fsp3) is 0.304. The van der Waals surface area contributed by atoms with Crippen molar-refractivity contribution < 1.29 is 5.11 Å². The van der Waals surface area contributed by atoms with Crippen molar-refractivity contribution in [2.75, 3.05) is 55.0 Å². The van der Waals surface area contributed by atoms with Gasteiger partial charge in [-0.15, -0.1) is 0 Å². The summed E-state index contributed by atoms with van der Waals surface area (Å²) in [7, 11) is 1.81. The molecule has 4 rings (SSSR count). The number of phenols is 1. The molecule has 0 bridgehead atoms. The summed E-state index contributed by atoms with van der Waals surface area (Å²) in [5.74, 6) is 1.84. The van der Waals surface area contributed by atoms with E-state index in [-0.39, 0.29) is 5.75 Å². The van der Waals surface area contributed by atoms with Crippen LogP contribution in [0.15, 0.2) is 53.6 Å². The average Bonchev–Trinajstić information content (AvgIpc) is 2.85. The Balaban J connectivity index is 1.50. The van der Waals surface area contributed by atoms with Gasteiger partial charge in [-0.25, -0.2) is 5.01 Å². The van der Waals surface area contributed by atoms with Crippen molar-refractivity contribution in [2.45, 2.75) is 6.42 Å². The van der Waals surface area contributed by atoms with Crippen molar-refractivity contribution in [3.05, 3.63) is 64.7 Å². The number of benzene rings is 2. The van der Waals surface area contributed by atoms with E-state index in [2.05, 4.69) is 35.6 Å². The molecule has 2 heterocycles. The van der Waals surface area contributed by atoms with Gasteiger partial charge in [0.15, 0.2) is 0 Å². The second-order valence-corrected chi connectivity index (χ2v) is 8.10. The minimum absolute atomic E-state index is 0.261. The van der Waals surface area contributed by atoms with Crippen molar-refractivity contribution in [2.24, 2.45) is 5.10 Å². The van der Waals surface area contributed by atoms with Crippen molar-refractivity contribution in [1.29, 1.82) is 0 Å². The lowest BCUT2D eigenvalue weighted by Crippen LogP contribution is -2.44. The van der Waals surface area contributed by atoms with Crippen LogP contribution in [0.4, 0.5) is 17.8 Å². The second kappa shape index (κ2) is 10.9. The average molecular weight is 467 g/mol. The molecule has 33 heavy (non-hydrogen) atoms. The molecule has 0 amide bonds. The summed E-state index contributed by atoms with van der Waals surface area (Å²) < 4.78 is 0. The summed E-state index contributed by atoms with van der Waals surface area (Å²) in [5.41, 5.74) is 2.04. The van der Waals surface area contributed by atoms with Gasteiger partial charge in [0.2, 0.25) is 11.9 Å². The first kappa shape index (κ1) is 22.8. The number of hydrogen-bond donors (Lipinski definition) is 3. The third-order valence-electron chi connectivity index (χ3n) is 5.18. The number of rotatable bonds is 8. The van der Waals surface area contributed by atoms with Crippen LogP contribution < -0.4 is 20.5 Å². The minimum Gasteiger partial charge on any atom is -0.508 e.